The number of sulfonamides is 1. The normalized spacial score (nSPS) is 11.4. The Kier molecular flexibility index (Phi) is 7.25. The van der Waals surface area contributed by atoms with Gasteiger partial charge in [-0.2, -0.15) is 0 Å². The highest BCUT2D eigenvalue weighted by Gasteiger charge is 2.17. The van der Waals surface area contributed by atoms with E-state index in [9.17, 15) is 13.2 Å². The Bertz CT molecular complexity index is 1220. The molecule has 7 nitrogen and oxygen atoms in total. The maximum Gasteiger partial charge on any atom is 0.251 e. The highest BCUT2D eigenvalue weighted by Crippen LogP contribution is 2.28. The van der Waals surface area contributed by atoms with Crippen molar-refractivity contribution < 1.29 is 13.2 Å². The molecule has 0 atom stereocenters. The van der Waals surface area contributed by atoms with Crippen molar-refractivity contribution in [1.82, 2.24) is 10.3 Å². The summed E-state index contributed by atoms with van der Waals surface area (Å²) < 4.78 is 24.6. The van der Waals surface area contributed by atoms with Gasteiger partial charge in [0.2, 0.25) is 10.0 Å². The van der Waals surface area contributed by atoms with E-state index in [1.807, 2.05) is 24.3 Å². The minimum absolute atomic E-state index is 0.250. The van der Waals surface area contributed by atoms with Crippen molar-refractivity contribution in [3.63, 3.8) is 0 Å². The van der Waals surface area contributed by atoms with Crippen LogP contribution in [0.1, 0.15) is 16.8 Å². The zero-order valence-corrected chi connectivity index (χ0v) is 19.4. The first-order valence-corrected chi connectivity index (χ1v) is 12.1. The van der Waals surface area contributed by atoms with Crippen LogP contribution in [0.25, 0.3) is 10.9 Å². The molecule has 1 amide bonds. The fraction of sp³-hybridized carbons (Fsp3) is 0.238. The number of aromatic nitrogens is 1. The summed E-state index contributed by atoms with van der Waals surface area (Å²) in [5.41, 5.74) is 2.34. The van der Waals surface area contributed by atoms with Gasteiger partial charge in [0.05, 0.1) is 22.5 Å². The maximum absolute atomic E-state index is 12.5. The van der Waals surface area contributed by atoms with Crippen molar-refractivity contribution in [3.05, 3.63) is 64.3 Å². The Hall–Kier alpha value is -2.55. The van der Waals surface area contributed by atoms with E-state index in [1.54, 1.807) is 12.3 Å². The summed E-state index contributed by atoms with van der Waals surface area (Å²) in [6.45, 7) is 1.09. The molecule has 31 heavy (non-hydrogen) atoms. The van der Waals surface area contributed by atoms with Crippen LogP contribution in [0.3, 0.4) is 0 Å². The summed E-state index contributed by atoms with van der Waals surface area (Å²) in [4.78, 5) is 16.8. The number of pyridine rings is 1. The number of halogens is 2. The van der Waals surface area contributed by atoms with Crippen LogP contribution in [0.4, 0.5) is 11.4 Å². The molecule has 0 spiro atoms. The lowest BCUT2D eigenvalue weighted by molar-refractivity contribution is 0.0953. The Morgan fingerprint density at radius 1 is 1.10 bits per heavy atom. The lowest BCUT2D eigenvalue weighted by Crippen LogP contribution is -2.28. The molecule has 0 unspecified atom stereocenters. The number of amides is 1. The quantitative estimate of drug-likeness (QED) is 0.472. The number of nitrogens with one attached hydrogen (secondary N) is 2. The molecule has 0 saturated heterocycles. The van der Waals surface area contributed by atoms with Crippen molar-refractivity contribution in [2.24, 2.45) is 0 Å². The first kappa shape index (κ1) is 23.1. The minimum Gasteiger partial charge on any atom is -0.384 e. The standard InChI is InChI=1S/C21H22Cl2N4O3S/c1-27(31(2,29)30)20-12-14(4-7-17(20)23)21(28)26-10-3-9-24-18-8-11-25-19-13-15(22)5-6-16(18)19/h4-8,11-13H,3,9-10H2,1-2H3,(H,24,25)(H,26,28). The molecule has 1 aromatic heterocycles. The molecule has 0 aliphatic rings. The Balaban J connectivity index is 1.55. The van der Waals surface area contributed by atoms with Crippen molar-refractivity contribution in [2.75, 3.05) is 36.0 Å². The molecule has 3 aromatic rings. The van der Waals surface area contributed by atoms with Gasteiger partial charge in [0, 0.05) is 48.0 Å². The largest absolute Gasteiger partial charge is 0.384 e. The van der Waals surface area contributed by atoms with Gasteiger partial charge in [0.15, 0.2) is 0 Å². The monoisotopic (exact) mass is 480 g/mol. The second-order valence-corrected chi connectivity index (χ2v) is 9.81. The Labute approximate surface area is 191 Å². The van der Waals surface area contributed by atoms with Gasteiger partial charge in [-0.05, 0) is 48.9 Å². The number of carbonyl (C=O) groups excluding carboxylic acids is 1. The molecule has 0 fully saturated rings. The van der Waals surface area contributed by atoms with E-state index < -0.39 is 10.0 Å². The highest BCUT2D eigenvalue weighted by atomic mass is 35.5. The fourth-order valence-electron chi connectivity index (χ4n) is 2.96. The van der Waals surface area contributed by atoms with Crippen molar-refractivity contribution in [3.8, 4) is 0 Å². The van der Waals surface area contributed by atoms with Crippen LogP contribution in [0.15, 0.2) is 48.7 Å². The number of fused-ring (bicyclic) bond motifs is 1. The number of nitrogens with zero attached hydrogens (tertiary/aromatic N) is 2. The van der Waals surface area contributed by atoms with E-state index in [-0.39, 0.29) is 16.6 Å². The molecular weight excluding hydrogens is 459 g/mol. The van der Waals surface area contributed by atoms with E-state index in [0.717, 1.165) is 27.2 Å². The first-order valence-electron chi connectivity index (χ1n) is 9.46. The van der Waals surface area contributed by atoms with Gasteiger partial charge in [-0.15, -0.1) is 0 Å². The van der Waals surface area contributed by atoms with Crippen LogP contribution >= 0.6 is 23.2 Å². The summed E-state index contributed by atoms with van der Waals surface area (Å²) >= 11 is 12.1. The number of carbonyl (C=O) groups is 1. The Morgan fingerprint density at radius 3 is 2.61 bits per heavy atom. The highest BCUT2D eigenvalue weighted by molar-refractivity contribution is 7.92. The summed E-state index contributed by atoms with van der Waals surface area (Å²) in [5, 5.41) is 8.03. The molecule has 1 heterocycles. The van der Waals surface area contributed by atoms with Gasteiger partial charge < -0.3 is 10.6 Å². The average Bonchev–Trinajstić information content (AvgIpc) is 2.72. The average molecular weight is 481 g/mol. The molecule has 10 heteroatoms. The van der Waals surface area contributed by atoms with Crippen molar-refractivity contribution >= 4 is 61.4 Å². The number of hydrogen-bond acceptors (Lipinski definition) is 5. The maximum atomic E-state index is 12.5. The number of rotatable bonds is 8. The molecule has 2 aromatic carbocycles. The van der Waals surface area contributed by atoms with Gasteiger partial charge in [-0.3, -0.25) is 14.1 Å². The number of anilines is 2. The zero-order valence-electron chi connectivity index (χ0n) is 17.0. The SMILES string of the molecule is CN(c1cc(C(=O)NCCCNc2ccnc3cc(Cl)ccc23)ccc1Cl)S(C)(=O)=O. The molecule has 0 radical (unpaired) electrons. The molecule has 0 aliphatic carbocycles. The summed E-state index contributed by atoms with van der Waals surface area (Å²) in [7, 11) is -2.10. The fourth-order valence-corrected chi connectivity index (χ4v) is 3.93. The van der Waals surface area contributed by atoms with Crippen LogP contribution in [0, 0.1) is 0 Å². The molecule has 0 bridgehead atoms. The van der Waals surface area contributed by atoms with Gasteiger partial charge >= 0.3 is 0 Å². The smallest absolute Gasteiger partial charge is 0.251 e. The first-order chi connectivity index (χ1) is 14.7. The van der Waals surface area contributed by atoms with E-state index in [2.05, 4.69) is 15.6 Å². The van der Waals surface area contributed by atoms with E-state index >= 15 is 0 Å². The third-order valence-corrected chi connectivity index (χ3v) is 6.45. The third kappa shape index (κ3) is 5.78. The topological polar surface area (TPSA) is 91.4 Å². The van der Waals surface area contributed by atoms with Gasteiger partial charge in [-0.25, -0.2) is 8.42 Å². The second-order valence-electron chi connectivity index (χ2n) is 6.95. The predicted molar refractivity (Wildman–Crippen MR) is 127 cm³/mol. The molecule has 3 rings (SSSR count). The number of hydrogen-bond donors (Lipinski definition) is 2. The lowest BCUT2D eigenvalue weighted by Gasteiger charge is -2.18. The van der Waals surface area contributed by atoms with Gasteiger partial charge in [-0.1, -0.05) is 23.2 Å². The van der Waals surface area contributed by atoms with Gasteiger partial charge in [0.25, 0.3) is 5.91 Å². The third-order valence-electron chi connectivity index (χ3n) is 4.70. The molecular formula is C21H22Cl2N4O3S. The van der Waals surface area contributed by atoms with Crippen LogP contribution in [-0.4, -0.2) is 45.7 Å². The van der Waals surface area contributed by atoms with Crippen LogP contribution < -0.4 is 14.9 Å². The summed E-state index contributed by atoms with van der Waals surface area (Å²) in [6.07, 6.45) is 3.48. The van der Waals surface area contributed by atoms with Crippen LogP contribution in [-0.2, 0) is 10.0 Å². The number of benzene rings is 2. The molecule has 164 valence electrons. The summed E-state index contributed by atoms with van der Waals surface area (Å²) in [6, 6.07) is 12.0. The second kappa shape index (κ2) is 9.72. The molecule has 0 saturated carbocycles. The van der Waals surface area contributed by atoms with Crippen molar-refractivity contribution in [1.29, 1.82) is 0 Å². The lowest BCUT2D eigenvalue weighted by atomic mass is 10.2. The van der Waals surface area contributed by atoms with Gasteiger partial charge in [0.1, 0.15) is 0 Å². The molecule has 0 aliphatic heterocycles. The van der Waals surface area contributed by atoms with Crippen LogP contribution in [0.2, 0.25) is 10.0 Å². The van der Waals surface area contributed by atoms with Crippen molar-refractivity contribution in [2.45, 2.75) is 6.42 Å². The van der Waals surface area contributed by atoms with E-state index in [1.165, 1.54) is 19.2 Å². The minimum atomic E-state index is -3.49. The zero-order chi connectivity index (χ0) is 22.6. The Morgan fingerprint density at radius 2 is 1.87 bits per heavy atom. The molecule has 2 N–H and O–H groups in total. The van der Waals surface area contributed by atoms with Crippen LogP contribution in [0.5, 0.6) is 0 Å². The van der Waals surface area contributed by atoms with E-state index in [4.69, 9.17) is 23.2 Å². The predicted octanol–water partition coefficient (Wildman–Crippen LogP) is 4.17. The summed E-state index contributed by atoms with van der Waals surface area (Å²) in [5.74, 6) is -0.302. The van der Waals surface area contributed by atoms with E-state index in [0.29, 0.717) is 30.1 Å².